The summed E-state index contributed by atoms with van der Waals surface area (Å²) in [6, 6.07) is 0. The third-order valence-corrected chi connectivity index (χ3v) is 9.25. The SMILES string of the molecule is [CH2]C(O)C(C(=O)CCCCCCCCCCCCCCC)C(CN(C)C)C(=O)CCCCCCCCCCCCCCC. The molecule has 0 saturated heterocycles. The van der Waals surface area contributed by atoms with E-state index in [2.05, 4.69) is 20.8 Å². The Morgan fingerprint density at radius 1 is 0.512 bits per heavy atom. The number of ketones is 2. The predicted octanol–water partition coefficient (Wildman–Crippen LogP) is 11.1. The molecule has 0 saturated carbocycles. The van der Waals surface area contributed by atoms with Gasteiger partial charge in [0.15, 0.2) is 0 Å². The minimum Gasteiger partial charge on any atom is -0.392 e. The Balaban J connectivity index is 4.22. The van der Waals surface area contributed by atoms with Crippen LogP contribution in [0.25, 0.3) is 0 Å². The van der Waals surface area contributed by atoms with Gasteiger partial charge in [-0.25, -0.2) is 0 Å². The van der Waals surface area contributed by atoms with Crippen LogP contribution in [-0.4, -0.2) is 48.3 Å². The molecule has 0 aliphatic rings. The van der Waals surface area contributed by atoms with Gasteiger partial charge in [0.25, 0.3) is 0 Å². The third kappa shape index (κ3) is 26.2. The molecule has 0 aromatic carbocycles. The number of Topliss-reactive ketones (excluding diaryl/α,β-unsaturated/α-hetero) is 2. The molecule has 3 atom stereocenters. The molecule has 3 unspecified atom stereocenters. The van der Waals surface area contributed by atoms with Crippen LogP contribution in [0.4, 0.5) is 0 Å². The Morgan fingerprint density at radius 2 is 0.791 bits per heavy atom. The number of unbranched alkanes of at least 4 members (excludes halogenated alkanes) is 24. The molecule has 4 heteroatoms. The van der Waals surface area contributed by atoms with Gasteiger partial charge >= 0.3 is 0 Å². The van der Waals surface area contributed by atoms with E-state index in [0.717, 1.165) is 25.7 Å². The van der Waals surface area contributed by atoms with E-state index >= 15 is 0 Å². The molecule has 0 bridgehead atoms. The summed E-state index contributed by atoms with van der Waals surface area (Å²) in [5.74, 6) is -0.997. The highest BCUT2D eigenvalue weighted by molar-refractivity contribution is 5.90. The molecule has 0 fully saturated rings. The maximum atomic E-state index is 13.3. The summed E-state index contributed by atoms with van der Waals surface area (Å²) in [6.07, 6.45) is 33.1. The van der Waals surface area contributed by atoms with Gasteiger partial charge in [0.05, 0.1) is 12.0 Å². The van der Waals surface area contributed by atoms with Crippen molar-refractivity contribution >= 4 is 11.6 Å². The van der Waals surface area contributed by atoms with Crippen LogP contribution in [0.1, 0.15) is 194 Å². The highest BCUT2D eigenvalue weighted by Crippen LogP contribution is 2.25. The molecule has 0 aromatic heterocycles. The fourth-order valence-electron chi connectivity index (χ4n) is 6.50. The Bertz CT molecular complexity index is 618. The molecule has 43 heavy (non-hydrogen) atoms. The average molecular weight is 607 g/mol. The second-order valence-corrected chi connectivity index (χ2v) is 13.9. The van der Waals surface area contributed by atoms with Gasteiger partial charge in [0, 0.05) is 25.3 Å². The number of hydrogen-bond acceptors (Lipinski definition) is 4. The molecule has 0 spiro atoms. The van der Waals surface area contributed by atoms with E-state index in [4.69, 9.17) is 0 Å². The lowest BCUT2D eigenvalue weighted by Crippen LogP contribution is -2.42. The van der Waals surface area contributed by atoms with E-state index in [1.165, 1.54) is 141 Å². The van der Waals surface area contributed by atoms with Crippen molar-refractivity contribution in [2.24, 2.45) is 11.8 Å². The average Bonchev–Trinajstić information content (AvgIpc) is 2.97. The van der Waals surface area contributed by atoms with E-state index in [-0.39, 0.29) is 11.6 Å². The van der Waals surface area contributed by atoms with Crippen LogP contribution in [0.3, 0.4) is 0 Å². The zero-order chi connectivity index (χ0) is 32.0. The van der Waals surface area contributed by atoms with Gasteiger partial charge < -0.3 is 10.0 Å². The summed E-state index contributed by atoms with van der Waals surface area (Å²) < 4.78 is 0. The van der Waals surface area contributed by atoms with E-state index in [1.807, 2.05) is 19.0 Å². The van der Waals surface area contributed by atoms with E-state index in [0.29, 0.717) is 19.4 Å². The molecule has 0 amide bonds. The van der Waals surface area contributed by atoms with Crippen molar-refractivity contribution in [2.45, 2.75) is 200 Å². The summed E-state index contributed by atoms with van der Waals surface area (Å²) in [4.78, 5) is 28.5. The van der Waals surface area contributed by atoms with Crippen molar-refractivity contribution in [1.82, 2.24) is 4.90 Å². The highest BCUT2D eigenvalue weighted by atomic mass is 16.3. The van der Waals surface area contributed by atoms with E-state index in [9.17, 15) is 14.7 Å². The molecule has 4 nitrogen and oxygen atoms in total. The fourth-order valence-corrected chi connectivity index (χ4v) is 6.50. The fraction of sp³-hybridized carbons (Fsp3) is 0.923. The Labute approximate surface area is 269 Å². The first-order valence-electron chi connectivity index (χ1n) is 19.1. The molecule has 0 rings (SSSR count). The number of aliphatic hydroxyl groups is 1. The van der Waals surface area contributed by atoms with E-state index in [1.54, 1.807) is 0 Å². The number of nitrogens with zero attached hydrogens (tertiary/aromatic N) is 1. The minimum absolute atomic E-state index is 0.0242. The molecule has 0 aliphatic carbocycles. The van der Waals surface area contributed by atoms with Crippen LogP contribution >= 0.6 is 0 Å². The molecular formula is C39H76NO3. The standard InChI is InChI=1S/C39H76NO3/c1-6-8-10-12-14-16-18-20-22-24-26-28-30-32-37(42)36(34-40(4)5)39(35(3)41)38(43)33-31-29-27-25-23-21-19-17-15-13-11-9-7-2/h35-36,39,41H,3,6-34H2,1-2,4-5H3. The van der Waals surface area contributed by atoms with Crippen LogP contribution in [0.15, 0.2) is 0 Å². The normalized spacial score (nSPS) is 13.8. The smallest absolute Gasteiger partial charge is 0.139 e. The van der Waals surface area contributed by atoms with Crippen molar-refractivity contribution in [1.29, 1.82) is 0 Å². The van der Waals surface area contributed by atoms with Gasteiger partial charge in [-0.3, -0.25) is 9.59 Å². The zero-order valence-electron chi connectivity index (χ0n) is 29.7. The third-order valence-electron chi connectivity index (χ3n) is 9.25. The van der Waals surface area contributed by atoms with Crippen molar-refractivity contribution in [2.75, 3.05) is 20.6 Å². The lowest BCUT2D eigenvalue weighted by Gasteiger charge is -2.29. The summed E-state index contributed by atoms with van der Waals surface area (Å²) >= 11 is 0. The number of carbonyl (C=O) groups excluding carboxylic acids is 2. The van der Waals surface area contributed by atoms with Crippen LogP contribution in [0.2, 0.25) is 0 Å². The molecular weight excluding hydrogens is 530 g/mol. The summed E-state index contributed by atoms with van der Waals surface area (Å²) in [5, 5.41) is 10.5. The summed E-state index contributed by atoms with van der Waals surface area (Å²) in [6.45, 7) is 8.85. The molecule has 0 aliphatic heterocycles. The van der Waals surface area contributed by atoms with Gasteiger partial charge in [-0.1, -0.05) is 168 Å². The Kier molecular flexibility index (Phi) is 30.7. The van der Waals surface area contributed by atoms with E-state index < -0.39 is 17.9 Å². The van der Waals surface area contributed by atoms with Crippen LogP contribution < -0.4 is 0 Å². The molecule has 255 valence electrons. The van der Waals surface area contributed by atoms with Crippen LogP contribution in [0, 0.1) is 18.8 Å². The summed E-state index contributed by atoms with van der Waals surface area (Å²) in [7, 11) is 3.88. The van der Waals surface area contributed by atoms with Gasteiger partial charge in [-0.2, -0.15) is 0 Å². The maximum Gasteiger partial charge on any atom is 0.139 e. The summed E-state index contributed by atoms with van der Waals surface area (Å²) in [5.41, 5.74) is 0. The lowest BCUT2D eigenvalue weighted by atomic mass is 9.79. The second kappa shape index (κ2) is 31.3. The number of carbonyl (C=O) groups is 2. The first-order valence-corrected chi connectivity index (χ1v) is 19.1. The molecule has 1 N–H and O–H groups in total. The van der Waals surface area contributed by atoms with Crippen molar-refractivity contribution in [3.8, 4) is 0 Å². The number of hydrogen-bond donors (Lipinski definition) is 1. The molecule has 0 heterocycles. The van der Waals surface area contributed by atoms with Crippen molar-refractivity contribution in [3.63, 3.8) is 0 Å². The maximum absolute atomic E-state index is 13.3. The Morgan fingerprint density at radius 3 is 1.07 bits per heavy atom. The lowest BCUT2D eigenvalue weighted by molar-refractivity contribution is -0.136. The quantitative estimate of drug-likeness (QED) is 0.0740. The van der Waals surface area contributed by atoms with Crippen LogP contribution in [-0.2, 0) is 9.59 Å². The van der Waals surface area contributed by atoms with Crippen molar-refractivity contribution in [3.05, 3.63) is 6.92 Å². The topological polar surface area (TPSA) is 57.6 Å². The largest absolute Gasteiger partial charge is 0.392 e. The monoisotopic (exact) mass is 607 g/mol. The molecule has 1 radical (unpaired) electrons. The number of rotatable bonds is 34. The van der Waals surface area contributed by atoms with Gasteiger partial charge in [-0.15, -0.1) is 0 Å². The van der Waals surface area contributed by atoms with Gasteiger partial charge in [0.1, 0.15) is 11.6 Å². The highest BCUT2D eigenvalue weighted by Gasteiger charge is 2.36. The second-order valence-electron chi connectivity index (χ2n) is 13.9. The zero-order valence-corrected chi connectivity index (χ0v) is 29.7. The van der Waals surface area contributed by atoms with Gasteiger partial charge in [0.2, 0.25) is 0 Å². The van der Waals surface area contributed by atoms with Gasteiger partial charge in [-0.05, 0) is 33.9 Å². The first-order chi connectivity index (χ1) is 20.8. The first kappa shape index (κ1) is 42.3. The predicted molar refractivity (Wildman–Crippen MR) is 188 cm³/mol. The minimum atomic E-state index is -1.03. The van der Waals surface area contributed by atoms with Crippen molar-refractivity contribution < 1.29 is 14.7 Å². The number of aliphatic hydroxyl groups excluding tert-OH is 1. The molecule has 0 aromatic rings. The Hall–Kier alpha value is -0.740. The van der Waals surface area contributed by atoms with Crippen LogP contribution in [0.5, 0.6) is 0 Å².